The van der Waals surface area contributed by atoms with Gasteiger partial charge in [0.05, 0.1) is 11.7 Å². The van der Waals surface area contributed by atoms with E-state index in [-0.39, 0.29) is 5.41 Å². The topological polar surface area (TPSA) is 40.5 Å². The van der Waals surface area contributed by atoms with Gasteiger partial charge in [0.25, 0.3) is 0 Å². The first-order valence-electron chi connectivity index (χ1n) is 4.77. The van der Waals surface area contributed by atoms with Gasteiger partial charge in [-0.3, -0.25) is 0 Å². The first-order chi connectivity index (χ1) is 5.37. The van der Waals surface area contributed by atoms with E-state index in [1.807, 2.05) is 0 Å². The van der Waals surface area contributed by atoms with Gasteiger partial charge in [0, 0.05) is 0 Å². The molecule has 0 saturated heterocycles. The lowest BCUT2D eigenvalue weighted by Crippen LogP contribution is -2.66. The molecule has 0 aromatic heterocycles. The summed E-state index contributed by atoms with van der Waals surface area (Å²) >= 11 is 0. The molecule has 12 heavy (non-hydrogen) atoms. The highest BCUT2D eigenvalue weighted by atomic mass is 16.3. The fourth-order valence-electron chi connectivity index (χ4n) is 3.15. The van der Waals surface area contributed by atoms with Crippen LogP contribution in [0.3, 0.4) is 0 Å². The SMILES string of the molecule is CC1(C)[C@@H]2CC(O)[C@@](C)(O)[C@@H]1C2. The zero-order valence-electron chi connectivity index (χ0n) is 8.04. The van der Waals surface area contributed by atoms with Crippen molar-refractivity contribution in [1.82, 2.24) is 0 Å². The van der Waals surface area contributed by atoms with E-state index in [0.29, 0.717) is 11.8 Å². The normalized spacial score (nSPS) is 56.2. The first kappa shape index (κ1) is 8.52. The summed E-state index contributed by atoms with van der Waals surface area (Å²) in [6.45, 7) is 6.18. The van der Waals surface area contributed by atoms with Crippen LogP contribution in [0.1, 0.15) is 33.6 Å². The Kier molecular flexibility index (Phi) is 1.45. The van der Waals surface area contributed by atoms with Crippen molar-refractivity contribution in [3.05, 3.63) is 0 Å². The third-order valence-electron chi connectivity index (χ3n) is 4.36. The molecule has 3 aliphatic carbocycles. The second kappa shape index (κ2) is 2.05. The number of fused-ring (bicyclic) bond motifs is 2. The highest BCUT2D eigenvalue weighted by Gasteiger charge is 2.62. The zero-order chi connectivity index (χ0) is 9.15. The lowest BCUT2D eigenvalue weighted by atomic mass is 9.43. The zero-order valence-corrected chi connectivity index (χ0v) is 8.04. The number of hydrogen-bond donors (Lipinski definition) is 2. The summed E-state index contributed by atoms with van der Waals surface area (Å²) in [4.78, 5) is 0. The van der Waals surface area contributed by atoms with Crippen molar-refractivity contribution in [3.8, 4) is 0 Å². The molecule has 2 heteroatoms. The Balaban J connectivity index is 2.27. The predicted octanol–water partition coefficient (Wildman–Crippen LogP) is 1.16. The van der Waals surface area contributed by atoms with Gasteiger partial charge in [-0.25, -0.2) is 0 Å². The lowest BCUT2D eigenvalue weighted by molar-refractivity contribution is -0.245. The van der Waals surface area contributed by atoms with Crippen LogP contribution in [0, 0.1) is 17.3 Å². The van der Waals surface area contributed by atoms with Crippen LogP contribution in [-0.4, -0.2) is 21.9 Å². The molecule has 0 aromatic rings. The Labute approximate surface area is 73.6 Å². The second-order valence-electron chi connectivity index (χ2n) is 5.28. The Morgan fingerprint density at radius 1 is 1.17 bits per heavy atom. The molecule has 2 bridgehead atoms. The van der Waals surface area contributed by atoms with Crippen LogP contribution in [0.2, 0.25) is 0 Å². The van der Waals surface area contributed by atoms with E-state index in [1.54, 1.807) is 6.92 Å². The molecule has 0 heterocycles. The van der Waals surface area contributed by atoms with Crippen molar-refractivity contribution in [2.24, 2.45) is 17.3 Å². The van der Waals surface area contributed by atoms with Crippen LogP contribution < -0.4 is 0 Å². The van der Waals surface area contributed by atoms with Gasteiger partial charge in [0.15, 0.2) is 0 Å². The average molecular weight is 170 g/mol. The summed E-state index contributed by atoms with van der Waals surface area (Å²) in [6.07, 6.45) is 1.36. The van der Waals surface area contributed by atoms with Crippen LogP contribution in [0.5, 0.6) is 0 Å². The highest BCUT2D eigenvalue weighted by molar-refractivity contribution is 5.12. The highest BCUT2D eigenvalue weighted by Crippen LogP contribution is 2.62. The quantitative estimate of drug-likeness (QED) is 0.573. The predicted molar refractivity (Wildman–Crippen MR) is 46.6 cm³/mol. The van der Waals surface area contributed by atoms with E-state index in [2.05, 4.69) is 13.8 Å². The fraction of sp³-hybridized carbons (Fsp3) is 1.00. The van der Waals surface area contributed by atoms with Crippen LogP contribution in [0.15, 0.2) is 0 Å². The first-order valence-corrected chi connectivity index (χ1v) is 4.77. The summed E-state index contributed by atoms with van der Waals surface area (Å²) in [5, 5.41) is 19.7. The fourth-order valence-corrected chi connectivity index (χ4v) is 3.15. The summed E-state index contributed by atoms with van der Waals surface area (Å²) < 4.78 is 0. The monoisotopic (exact) mass is 170 g/mol. The van der Waals surface area contributed by atoms with Crippen LogP contribution in [0.4, 0.5) is 0 Å². The van der Waals surface area contributed by atoms with Crippen molar-refractivity contribution in [1.29, 1.82) is 0 Å². The molecular weight excluding hydrogens is 152 g/mol. The van der Waals surface area contributed by atoms with Crippen molar-refractivity contribution in [2.45, 2.75) is 45.3 Å². The number of aliphatic hydroxyl groups is 2. The third kappa shape index (κ3) is 0.775. The molecule has 0 spiro atoms. The summed E-state index contributed by atoms with van der Waals surface area (Å²) in [7, 11) is 0. The smallest absolute Gasteiger partial charge is 0.0910 e. The minimum atomic E-state index is -0.849. The van der Waals surface area contributed by atoms with E-state index in [1.165, 1.54) is 0 Å². The molecule has 3 rings (SSSR count). The molecule has 1 unspecified atom stereocenters. The van der Waals surface area contributed by atoms with E-state index in [4.69, 9.17) is 0 Å². The van der Waals surface area contributed by atoms with Gasteiger partial charge in [-0.1, -0.05) is 13.8 Å². The van der Waals surface area contributed by atoms with Gasteiger partial charge in [-0.2, -0.15) is 0 Å². The van der Waals surface area contributed by atoms with Crippen LogP contribution >= 0.6 is 0 Å². The maximum absolute atomic E-state index is 10.0. The van der Waals surface area contributed by atoms with Crippen molar-refractivity contribution >= 4 is 0 Å². The molecule has 0 radical (unpaired) electrons. The molecule has 4 atom stereocenters. The molecule has 2 nitrogen and oxygen atoms in total. The maximum Gasteiger partial charge on any atom is 0.0910 e. The molecule has 2 N–H and O–H groups in total. The summed E-state index contributed by atoms with van der Waals surface area (Å²) in [6, 6.07) is 0. The Bertz CT molecular complexity index is 208. The lowest BCUT2D eigenvalue weighted by Gasteiger charge is -2.64. The van der Waals surface area contributed by atoms with Crippen LogP contribution in [0.25, 0.3) is 0 Å². The number of rotatable bonds is 0. The summed E-state index contributed by atoms with van der Waals surface area (Å²) in [5.41, 5.74) is -0.610. The average Bonchev–Trinajstić information content (AvgIpc) is 1.93. The van der Waals surface area contributed by atoms with E-state index in [9.17, 15) is 10.2 Å². The molecule has 3 fully saturated rings. The minimum absolute atomic E-state index is 0.239. The van der Waals surface area contributed by atoms with Crippen molar-refractivity contribution in [2.75, 3.05) is 0 Å². The Morgan fingerprint density at radius 2 is 1.75 bits per heavy atom. The Morgan fingerprint density at radius 3 is 2.08 bits per heavy atom. The van der Waals surface area contributed by atoms with Gasteiger partial charge in [0.2, 0.25) is 0 Å². The number of aliphatic hydroxyl groups excluding tert-OH is 1. The van der Waals surface area contributed by atoms with Gasteiger partial charge < -0.3 is 10.2 Å². The molecule has 0 aromatic carbocycles. The van der Waals surface area contributed by atoms with Gasteiger partial charge >= 0.3 is 0 Å². The van der Waals surface area contributed by atoms with E-state index >= 15 is 0 Å². The van der Waals surface area contributed by atoms with Gasteiger partial charge in [-0.15, -0.1) is 0 Å². The number of hydrogen-bond acceptors (Lipinski definition) is 2. The molecule has 3 saturated carbocycles. The molecule has 70 valence electrons. The van der Waals surface area contributed by atoms with Gasteiger partial charge in [-0.05, 0) is 37.0 Å². The Hall–Kier alpha value is -0.0800. The largest absolute Gasteiger partial charge is 0.390 e. The maximum atomic E-state index is 10.0. The third-order valence-corrected chi connectivity index (χ3v) is 4.36. The van der Waals surface area contributed by atoms with E-state index < -0.39 is 11.7 Å². The summed E-state index contributed by atoms with van der Waals surface area (Å²) in [5.74, 6) is 0.913. The van der Waals surface area contributed by atoms with Crippen LogP contribution in [-0.2, 0) is 0 Å². The van der Waals surface area contributed by atoms with Crippen molar-refractivity contribution < 1.29 is 10.2 Å². The minimum Gasteiger partial charge on any atom is -0.390 e. The molecular formula is C10H18O2. The van der Waals surface area contributed by atoms with Gasteiger partial charge in [0.1, 0.15) is 0 Å². The molecule has 0 aliphatic heterocycles. The second-order valence-corrected chi connectivity index (χ2v) is 5.28. The van der Waals surface area contributed by atoms with Crippen molar-refractivity contribution in [3.63, 3.8) is 0 Å². The molecule has 3 aliphatic rings. The molecule has 0 amide bonds. The standard InChI is InChI=1S/C10H18O2/c1-9(2)6-4-7(9)10(3,12)8(11)5-6/h6-8,11-12H,4-5H2,1-3H3/t6-,7+,8?,10-/m0/s1. The van der Waals surface area contributed by atoms with E-state index in [0.717, 1.165) is 12.8 Å².